The summed E-state index contributed by atoms with van der Waals surface area (Å²) in [4.78, 5) is 108. The molecule has 9 amide bonds. The van der Waals surface area contributed by atoms with Crippen LogP contribution in [0.1, 0.15) is 100 Å². The quantitative estimate of drug-likeness (QED) is 0.0187. The first-order valence-corrected chi connectivity index (χ1v) is 27.9. The number of nitrogens with one attached hydrogen (secondary N) is 4. The lowest BCUT2D eigenvalue weighted by molar-refractivity contribution is -0.137. The summed E-state index contributed by atoms with van der Waals surface area (Å²) >= 11 is 13.0. The minimum Gasteiger partial charge on any atom is -0.507 e. The van der Waals surface area contributed by atoms with E-state index in [2.05, 4.69) is 21.3 Å². The number of ether oxygens (including phenoxy) is 1. The van der Waals surface area contributed by atoms with E-state index in [1.54, 1.807) is 54.0 Å². The minimum absolute atomic E-state index is 0.0894. The number of rotatable bonds is 25. The van der Waals surface area contributed by atoms with Crippen molar-refractivity contribution in [3.63, 3.8) is 0 Å². The molecule has 0 radical (unpaired) electrons. The van der Waals surface area contributed by atoms with Crippen molar-refractivity contribution in [1.29, 1.82) is 0 Å². The molecule has 20 heteroatoms. The number of phenols is 1. The number of halogens is 2. The Morgan fingerprint density at radius 2 is 1.28 bits per heavy atom. The van der Waals surface area contributed by atoms with E-state index < -0.39 is 29.9 Å². The van der Waals surface area contributed by atoms with E-state index >= 15 is 0 Å². The molecule has 0 bridgehead atoms. The van der Waals surface area contributed by atoms with Crippen molar-refractivity contribution in [1.82, 2.24) is 20.9 Å². The fourth-order valence-electron chi connectivity index (χ4n) is 10.6. The van der Waals surface area contributed by atoms with Crippen molar-refractivity contribution in [3.8, 4) is 11.5 Å². The molecule has 18 nitrogen and oxygen atoms in total. The zero-order valence-corrected chi connectivity index (χ0v) is 45.7. The lowest BCUT2D eigenvalue weighted by atomic mass is 9.95. The fraction of sp³-hybridized carbons (Fsp3) is 0.390. The van der Waals surface area contributed by atoms with Crippen LogP contribution in [-0.2, 0) is 40.2 Å². The Bertz CT molecular complexity index is 3150. The second-order valence-corrected chi connectivity index (χ2v) is 21.1. The smallest absolute Gasteiger partial charge is 0.312 e. The van der Waals surface area contributed by atoms with Gasteiger partial charge in [0.05, 0.1) is 11.4 Å². The minimum atomic E-state index is -1.05. The van der Waals surface area contributed by atoms with Crippen molar-refractivity contribution in [2.45, 2.75) is 102 Å². The second-order valence-electron chi connectivity index (χ2n) is 20.5. The van der Waals surface area contributed by atoms with Gasteiger partial charge in [-0.25, -0.2) is 4.79 Å². The highest BCUT2D eigenvalue weighted by molar-refractivity contribution is 6.19. The van der Waals surface area contributed by atoms with E-state index in [-0.39, 0.29) is 104 Å². The highest BCUT2D eigenvalue weighted by Gasteiger charge is 2.37. The Morgan fingerprint density at radius 3 is 1.87 bits per heavy atom. The number of hydrogen-bond acceptors (Lipinski definition) is 10. The largest absolute Gasteiger partial charge is 0.507 e. The van der Waals surface area contributed by atoms with Crippen LogP contribution < -0.4 is 41.5 Å². The first kappa shape index (κ1) is 57.5. The number of fused-ring (bicyclic) bond motifs is 6. The highest BCUT2D eigenvalue weighted by Crippen LogP contribution is 2.47. The Morgan fingerprint density at radius 1 is 0.696 bits per heavy atom. The van der Waals surface area contributed by atoms with Crippen LogP contribution in [0.3, 0.4) is 0 Å². The summed E-state index contributed by atoms with van der Waals surface area (Å²) in [6.45, 7) is 4.85. The van der Waals surface area contributed by atoms with Crippen molar-refractivity contribution in [2.24, 2.45) is 11.7 Å². The van der Waals surface area contributed by atoms with E-state index in [0.29, 0.717) is 79.3 Å². The molecule has 4 atom stereocenters. The number of aromatic hydroxyl groups is 1. The van der Waals surface area contributed by atoms with Crippen LogP contribution >= 0.6 is 23.2 Å². The summed E-state index contributed by atoms with van der Waals surface area (Å²) in [5.41, 5.74) is 9.69. The second kappa shape index (κ2) is 26.3. The Labute approximate surface area is 468 Å². The van der Waals surface area contributed by atoms with Gasteiger partial charge in [0.15, 0.2) is 0 Å². The van der Waals surface area contributed by atoms with Gasteiger partial charge < -0.3 is 46.6 Å². The summed E-state index contributed by atoms with van der Waals surface area (Å²) in [5, 5.41) is 25.1. The number of anilines is 3. The molecule has 0 aliphatic carbocycles. The lowest BCUT2D eigenvalue weighted by Crippen LogP contribution is -2.54. The van der Waals surface area contributed by atoms with Crippen LogP contribution in [0.4, 0.5) is 21.9 Å². The van der Waals surface area contributed by atoms with Gasteiger partial charge in [-0.05, 0) is 77.6 Å². The average Bonchev–Trinajstić information content (AvgIpc) is 4.35. The van der Waals surface area contributed by atoms with Crippen molar-refractivity contribution < 1.29 is 48.2 Å². The summed E-state index contributed by atoms with van der Waals surface area (Å²) in [7, 11) is 0. The molecule has 7 N–H and O–H groups in total. The van der Waals surface area contributed by atoms with E-state index in [1.165, 1.54) is 12.2 Å². The van der Waals surface area contributed by atoms with Crippen LogP contribution in [0.25, 0.3) is 21.5 Å². The average molecular weight is 1120 g/mol. The Kier molecular flexibility index (Phi) is 19.1. The topological polar surface area (TPSA) is 250 Å². The molecule has 79 heavy (non-hydrogen) atoms. The molecule has 8 rings (SSSR count). The number of alkyl halides is 2. The molecule has 5 aromatic carbocycles. The maximum atomic E-state index is 14.1. The number of unbranched alkanes of at least 4 members (excludes halogenated alkanes) is 2. The predicted octanol–water partition coefficient (Wildman–Crippen LogP) is 7.98. The molecule has 5 aromatic rings. The molecule has 0 fully saturated rings. The number of carbonyl (C=O) groups excluding carboxylic acids is 8. The summed E-state index contributed by atoms with van der Waals surface area (Å²) in [6, 6.07) is 23.1. The number of nitrogens with two attached hydrogens (primary N) is 1. The number of benzene rings is 5. The molecule has 0 aromatic heterocycles. The number of carbonyl (C=O) groups is 8. The van der Waals surface area contributed by atoms with Crippen LogP contribution in [-0.4, -0.2) is 107 Å². The van der Waals surface area contributed by atoms with E-state index in [4.69, 9.17) is 33.7 Å². The monoisotopic (exact) mass is 1120 g/mol. The number of primary amides is 1. The standard InChI is InChI=1S/C59H66Cl2N8O10/c1-35(2)56(66-49(71)17-4-3-9-27-67-52(74)24-25-53(67)75)58(77)65-44(16-11-26-63-59(62)78)57(76)64-39-22-20-36(21-23-39)34-79-48-29-46-55(43-15-8-6-13-41(43)48)38(31-61)33-69(46)51(73)19-10-18-50(72)68-32-37(30-60)54-42-14-7-5-12-40(42)47(70)28-45(54)68/h5-8,12-15,20-25,28-29,35,37-38,44,56,70H,3-4,9-11,16-19,26-27,30-34H2,1-2H3,(H,64,76)(H,65,77)(H,66,71)(H3,62,63,78)/t37?,38-,44+,56?/m1/s1. The first-order chi connectivity index (χ1) is 38.1. The summed E-state index contributed by atoms with van der Waals surface area (Å²) < 4.78 is 6.50. The molecule has 2 unspecified atom stereocenters. The number of urea groups is 1. The maximum Gasteiger partial charge on any atom is 0.312 e. The normalized spacial score (nSPS) is 16.3. The molecule has 416 valence electrons. The molecule has 3 aliphatic rings. The van der Waals surface area contributed by atoms with Crippen LogP contribution in [0.15, 0.2) is 97.1 Å². The predicted molar refractivity (Wildman–Crippen MR) is 304 cm³/mol. The van der Waals surface area contributed by atoms with Gasteiger partial charge in [-0.3, -0.25) is 38.5 Å². The molecule has 3 aliphatic heterocycles. The molecule has 3 heterocycles. The van der Waals surface area contributed by atoms with Gasteiger partial charge in [-0.15, -0.1) is 23.2 Å². The molecular formula is C59H66Cl2N8O10. The third kappa shape index (κ3) is 13.6. The zero-order valence-electron chi connectivity index (χ0n) is 44.2. The van der Waals surface area contributed by atoms with Gasteiger partial charge in [-0.2, -0.15) is 0 Å². The molecule has 0 saturated heterocycles. The highest BCUT2D eigenvalue weighted by atomic mass is 35.5. The van der Waals surface area contributed by atoms with E-state index in [9.17, 15) is 43.5 Å². The number of hydrogen-bond donors (Lipinski definition) is 6. The Balaban J connectivity index is 0.879. The van der Waals surface area contributed by atoms with Gasteiger partial charge >= 0.3 is 6.03 Å². The van der Waals surface area contributed by atoms with Crippen molar-refractivity contribution in [2.75, 3.05) is 53.1 Å². The van der Waals surface area contributed by atoms with Crippen LogP contribution in [0.2, 0.25) is 0 Å². The number of imide groups is 1. The molecule has 0 spiro atoms. The first-order valence-electron chi connectivity index (χ1n) is 26.8. The van der Waals surface area contributed by atoms with Crippen LogP contribution in [0.5, 0.6) is 11.5 Å². The van der Waals surface area contributed by atoms with E-state index in [1.807, 2.05) is 54.6 Å². The van der Waals surface area contributed by atoms with Gasteiger partial charge in [-0.1, -0.05) is 80.9 Å². The SMILES string of the molecule is CC(C)C(NC(=O)CCCCCN1C(=O)C=CC1=O)C(=O)N[C@@H](CCCNC(N)=O)C(=O)Nc1ccc(COc2cc3c(c4ccccc24)[C@H](CCl)CN3C(=O)CCCC(=O)N2CC(CCl)c3c2cc(O)c2ccccc32)cc1. The van der Waals surface area contributed by atoms with Crippen molar-refractivity contribution >= 4 is 109 Å². The van der Waals surface area contributed by atoms with E-state index in [0.717, 1.165) is 37.7 Å². The summed E-state index contributed by atoms with van der Waals surface area (Å²) in [6.07, 6.45) is 5.13. The third-order valence-electron chi connectivity index (χ3n) is 14.7. The maximum absolute atomic E-state index is 14.1. The number of nitrogens with zero attached hydrogens (tertiary/aromatic N) is 3. The van der Waals surface area contributed by atoms with Gasteiger partial charge in [0.25, 0.3) is 11.8 Å². The van der Waals surface area contributed by atoms with Crippen molar-refractivity contribution in [3.05, 3.63) is 114 Å². The zero-order chi connectivity index (χ0) is 56.3. The van der Waals surface area contributed by atoms with Gasteiger partial charge in [0.2, 0.25) is 29.5 Å². The lowest BCUT2D eigenvalue weighted by Gasteiger charge is -2.25. The molecular weight excluding hydrogens is 1050 g/mol. The Hall–Kier alpha value is -7.70. The van der Waals surface area contributed by atoms with Gasteiger partial charge in [0, 0.05) is 110 Å². The van der Waals surface area contributed by atoms with Gasteiger partial charge in [0.1, 0.15) is 30.2 Å². The number of amides is 9. The fourth-order valence-corrected chi connectivity index (χ4v) is 11.1. The molecule has 0 saturated carbocycles. The third-order valence-corrected chi connectivity index (χ3v) is 15.4. The summed E-state index contributed by atoms with van der Waals surface area (Å²) in [5.74, 6) is -1.79. The number of phenolic OH excluding ortho intramolecular Hbond substituents is 1. The van der Waals surface area contributed by atoms with Crippen LogP contribution in [0, 0.1) is 5.92 Å².